The van der Waals surface area contributed by atoms with Crippen LogP contribution in [0.15, 0.2) is 48.5 Å². The van der Waals surface area contributed by atoms with Gasteiger partial charge in [-0.1, -0.05) is 25.1 Å². The molecule has 1 amide bonds. The quantitative estimate of drug-likeness (QED) is 0.718. The lowest BCUT2D eigenvalue weighted by atomic mass is 10.1. The van der Waals surface area contributed by atoms with Crippen molar-refractivity contribution in [3.8, 4) is 11.5 Å². The van der Waals surface area contributed by atoms with Gasteiger partial charge in [0.15, 0.2) is 6.61 Å². The summed E-state index contributed by atoms with van der Waals surface area (Å²) in [5.41, 5.74) is 1.42. The van der Waals surface area contributed by atoms with Crippen LogP contribution in [0.4, 0.5) is 0 Å². The second-order valence-corrected chi connectivity index (χ2v) is 5.82. The van der Waals surface area contributed by atoms with Gasteiger partial charge in [-0.3, -0.25) is 4.79 Å². The van der Waals surface area contributed by atoms with Crippen molar-refractivity contribution in [3.05, 3.63) is 59.7 Å². The van der Waals surface area contributed by atoms with E-state index in [0.717, 1.165) is 12.0 Å². The van der Waals surface area contributed by atoms with Gasteiger partial charge in [-0.2, -0.15) is 0 Å². The van der Waals surface area contributed by atoms with Crippen molar-refractivity contribution in [2.24, 2.45) is 0 Å². The van der Waals surface area contributed by atoms with E-state index in [4.69, 9.17) is 14.6 Å². The van der Waals surface area contributed by atoms with Gasteiger partial charge in [0, 0.05) is 5.56 Å². The Hall–Kier alpha value is -3.02. The minimum absolute atomic E-state index is 0.189. The number of carbonyl (C=O) groups excluding carboxylic acids is 1. The Morgan fingerprint density at radius 2 is 1.81 bits per heavy atom. The van der Waals surface area contributed by atoms with Gasteiger partial charge >= 0.3 is 5.97 Å². The number of carbonyl (C=O) groups is 2. The lowest BCUT2D eigenvalue weighted by Crippen LogP contribution is -2.26. The maximum atomic E-state index is 12.4. The predicted octanol–water partition coefficient (Wildman–Crippen LogP) is 3.43. The molecule has 2 aromatic carbocycles. The summed E-state index contributed by atoms with van der Waals surface area (Å²) >= 11 is 0. The third-order valence-corrected chi connectivity index (χ3v) is 3.66. The highest BCUT2D eigenvalue weighted by Crippen LogP contribution is 2.19. The first kappa shape index (κ1) is 19.3. The van der Waals surface area contributed by atoms with Gasteiger partial charge in [0.05, 0.1) is 12.6 Å². The van der Waals surface area contributed by atoms with Crippen molar-refractivity contribution in [3.63, 3.8) is 0 Å². The van der Waals surface area contributed by atoms with E-state index in [1.54, 1.807) is 42.5 Å². The number of carboxylic acid groups (broad SMARTS) is 1. The molecule has 0 spiro atoms. The number of nitrogens with one attached hydrogen (secondary N) is 1. The van der Waals surface area contributed by atoms with Gasteiger partial charge in [0.1, 0.15) is 11.5 Å². The lowest BCUT2D eigenvalue weighted by Gasteiger charge is -2.15. The monoisotopic (exact) mass is 357 g/mol. The van der Waals surface area contributed by atoms with Gasteiger partial charge < -0.3 is 19.9 Å². The van der Waals surface area contributed by atoms with Crippen molar-refractivity contribution in [1.82, 2.24) is 5.32 Å². The van der Waals surface area contributed by atoms with Crippen molar-refractivity contribution in [2.75, 3.05) is 13.2 Å². The van der Waals surface area contributed by atoms with Crippen LogP contribution in [-0.2, 0) is 4.79 Å². The molecule has 6 heteroatoms. The molecule has 1 unspecified atom stereocenters. The molecule has 2 N–H and O–H groups in total. The molecule has 0 aliphatic rings. The van der Waals surface area contributed by atoms with Crippen LogP contribution in [0, 0.1) is 0 Å². The minimum atomic E-state index is -1.03. The molecule has 138 valence electrons. The SMILES string of the molecule is CCCOc1cccc(C(=O)NC(C)c2ccc(OCC(=O)O)cc2)c1. The molecule has 0 saturated heterocycles. The van der Waals surface area contributed by atoms with Gasteiger partial charge in [0.2, 0.25) is 0 Å². The summed E-state index contributed by atoms with van der Waals surface area (Å²) in [4.78, 5) is 22.9. The van der Waals surface area contributed by atoms with Crippen LogP contribution < -0.4 is 14.8 Å². The highest BCUT2D eigenvalue weighted by molar-refractivity contribution is 5.94. The number of aliphatic carboxylic acids is 1. The summed E-state index contributed by atoms with van der Waals surface area (Å²) in [6, 6.07) is 13.8. The molecule has 26 heavy (non-hydrogen) atoms. The van der Waals surface area contributed by atoms with Crippen LogP contribution in [0.5, 0.6) is 11.5 Å². The molecule has 0 heterocycles. The second kappa shape index (κ2) is 9.46. The van der Waals surface area contributed by atoms with E-state index in [9.17, 15) is 9.59 Å². The molecule has 0 fully saturated rings. The first-order chi connectivity index (χ1) is 12.5. The third-order valence-electron chi connectivity index (χ3n) is 3.66. The number of hydrogen-bond acceptors (Lipinski definition) is 4. The summed E-state index contributed by atoms with van der Waals surface area (Å²) in [5, 5.41) is 11.5. The summed E-state index contributed by atoms with van der Waals surface area (Å²) in [5.74, 6) is -0.0759. The minimum Gasteiger partial charge on any atom is -0.494 e. The average molecular weight is 357 g/mol. The largest absolute Gasteiger partial charge is 0.494 e. The number of amides is 1. The molecule has 0 radical (unpaired) electrons. The van der Waals surface area contributed by atoms with Gasteiger partial charge in [0.25, 0.3) is 5.91 Å². The smallest absolute Gasteiger partial charge is 0.341 e. The summed E-state index contributed by atoms with van der Waals surface area (Å²) < 4.78 is 10.7. The molecule has 1 atom stereocenters. The number of ether oxygens (including phenoxy) is 2. The van der Waals surface area contributed by atoms with E-state index in [1.807, 2.05) is 19.9 Å². The lowest BCUT2D eigenvalue weighted by molar-refractivity contribution is -0.139. The number of hydrogen-bond donors (Lipinski definition) is 2. The standard InChI is InChI=1S/C20H23NO5/c1-3-11-25-18-6-4-5-16(12-18)20(24)21-14(2)15-7-9-17(10-8-15)26-13-19(22)23/h4-10,12,14H,3,11,13H2,1-2H3,(H,21,24)(H,22,23). The van der Waals surface area contributed by atoms with Crippen molar-refractivity contribution < 1.29 is 24.2 Å². The number of benzene rings is 2. The van der Waals surface area contributed by atoms with Crippen LogP contribution in [0.3, 0.4) is 0 Å². The Labute approximate surface area is 152 Å². The summed E-state index contributed by atoms with van der Waals surface area (Å²) in [6.45, 7) is 4.12. The predicted molar refractivity (Wildman–Crippen MR) is 97.7 cm³/mol. The van der Waals surface area contributed by atoms with Crippen molar-refractivity contribution >= 4 is 11.9 Å². The maximum Gasteiger partial charge on any atom is 0.341 e. The van der Waals surface area contributed by atoms with Crippen molar-refractivity contribution in [2.45, 2.75) is 26.3 Å². The molecule has 0 aromatic heterocycles. The first-order valence-electron chi connectivity index (χ1n) is 8.48. The van der Waals surface area contributed by atoms with Crippen LogP contribution in [-0.4, -0.2) is 30.2 Å². The first-order valence-corrected chi connectivity index (χ1v) is 8.48. The molecule has 0 bridgehead atoms. The van der Waals surface area contributed by atoms with E-state index in [2.05, 4.69) is 5.32 Å². The summed E-state index contributed by atoms with van der Waals surface area (Å²) in [6.07, 6.45) is 0.902. The summed E-state index contributed by atoms with van der Waals surface area (Å²) in [7, 11) is 0. The molecule has 0 saturated carbocycles. The Morgan fingerprint density at radius 3 is 2.46 bits per heavy atom. The zero-order valence-electron chi connectivity index (χ0n) is 14.9. The van der Waals surface area contributed by atoms with Gasteiger partial charge in [-0.15, -0.1) is 0 Å². The number of rotatable bonds is 9. The third kappa shape index (κ3) is 5.81. The molecular weight excluding hydrogens is 334 g/mol. The fourth-order valence-corrected chi connectivity index (χ4v) is 2.31. The van der Waals surface area contributed by atoms with Gasteiger partial charge in [-0.05, 0) is 49.2 Å². The zero-order chi connectivity index (χ0) is 18.9. The maximum absolute atomic E-state index is 12.4. The Bertz CT molecular complexity index is 742. The van der Waals surface area contributed by atoms with Crippen LogP contribution >= 0.6 is 0 Å². The Kier molecular flexibility index (Phi) is 7.02. The van der Waals surface area contributed by atoms with E-state index in [1.165, 1.54) is 0 Å². The van der Waals surface area contributed by atoms with Crippen LogP contribution in [0.2, 0.25) is 0 Å². The highest BCUT2D eigenvalue weighted by Gasteiger charge is 2.12. The topological polar surface area (TPSA) is 84.9 Å². The molecular formula is C20H23NO5. The Balaban J connectivity index is 1.97. The normalized spacial score (nSPS) is 11.5. The van der Waals surface area contributed by atoms with E-state index >= 15 is 0 Å². The van der Waals surface area contributed by atoms with Crippen LogP contribution in [0.1, 0.15) is 42.2 Å². The number of carboxylic acids is 1. The molecule has 2 aromatic rings. The van der Waals surface area contributed by atoms with E-state index < -0.39 is 5.97 Å². The average Bonchev–Trinajstić information content (AvgIpc) is 2.65. The zero-order valence-corrected chi connectivity index (χ0v) is 14.9. The highest BCUT2D eigenvalue weighted by atomic mass is 16.5. The van der Waals surface area contributed by atoms with Gasteiger partial charge in [-0.25, -0.2) is 4.79 Å². The van der Waals surface area contributed by atoms with E-state index in [-0.39, 0.29) is 18.6 Å². The fraction of sp³-hybridized carbons (Fsp3) is 0.300. The fourth-order valence-electron chi connectivity index (χ4n) is 2.31. The Morgan fingerprint density at radius 1 is 1.08 bits per heavy atom. The van der Waals surface area contributed by atoms with Crippen LogP contribution in [0.25, 0.3) is 0 Å². The molecule has 0 aliphatic heterocycles. The molecule has 0 aliphatic carbocycles. The van der Waals surface area contributed by atoms with Crippen molar-refractivity contribution in [1.29, 1.82) is 0 Å². The molecule has 6 nitrogen and oxygen atoms in total. The van der Waals surface area contributed by atoms with E-state index in [0.29, 0.717) is 23.7 Å². The second-order valence-electron chi connectivity index (χ2n) is 5.82. The molecule has 2 rings (SSSR count).